The molecule has 0 unspecified atom stereocenters. The summed E-state index contributed by atoms with van der Waals surface area (Å²) >= 11 is 3.44. The summed E-state index contributed by atoms with van der Waals surface area (Å²) in [7, 11) is -3.76. The molecule has 0 aliphatic carbocycles. The Hall–Kier alpha value is -2.44. The Labute approximate surface area is 173 Å². The smallest absolute Gasteiger partial charge is 0.200 e. The van der Waals surface area contributed by atoms with E-state index in [0.717, 1.165) is 26.9 Å². The Bertz CT molecular complexity index is 1110. The summed E-state index contributed by atoms with van der Waals surface area (Å²) in [4.78, 5) is 0.243. The summed E-state index contributed by atoms with van der Waals surface area (Å²) in [5.74, 6) is 0. The van der Waals surface area contributed by atoms with E-state index in [1.54, 1.807) is 30.3 Å². The van der Waals surface area contributed by atoms with Crippen LogP contribution < -0.4 is 0 Å². The number of halogens is 1. The first-order chi connectivity index (χ1) is 13.4. The first-order valence-electron chi connectivity index (χ1n) is 8.94. The minimum Gasteiger partial charge on any atom is -0.200 e. The van der Waals surface area contributed by atoms with Gasteiger partial charge in [0.2, 0.25) is 0 Å². The molecule has 3 aromatic carbocycles. The maximum atomic E-state index is 13.3. The largest absolute Gasteiger partial charge is 0.279 e. The molecule has 0 spiro atoms. The van der Waals surface area contributed by atoms with Gasteiger partial charge in [-0.3, -0.25) is 0 Å². The zero-order chi connectivity index (χ0) is 19.7. The van der Waals surface area contributed by atoms with E-state index < -0.39 is 10.0 Å². The average molecular weight is 455 g/mol. The lowest BCUT2D eigenvalue weighted by molar-refractivity contribution is 0.371. The summed E-state index contributed by atoms with van der Waals surface area (Å²) in [5, 5.41) is 4.56. The Balaban J connectivity index is 1.79. The van der Waals surface area contributed by atoms with Crippen molar-refractivity contribution in [3.05, 3.63) is 100 Å². The van der Waals surface area contributed by atoms with Crippen LogP contribution in [-0.4, -0.2) is 18.5 Å². The standard InChI is InChI=1S/C22H19BrN2O2S/c1-16-7-9-18(10-8-16)22-15-21(17-11-13-19(23)14-12-17)24-25(22)28(26,27)20-5-3-2-4-6-20/h2-14,22H,15H2,1H3/t22-/m0/s1. The Morgan fingerprint density at radius 3 is 2.21 bits per heavy atom. The van der Waals surface area contributed by atoms with Gasteiger partial charge in [-0.25, -0.2) is 0 Å². The number of nitrogens with zero attached hydrogens (tertiary/aromatic N) is 2. The molecule has 4 rings (SSSR count). The zero-order valence-electron chi connectivity index (χ0n) is 15.3. The molecule has 0 fully saturated rings. The lowest BCUT2D eigenvalue weighted by Crippen LogP contribution is -2.27. The molecule has 4 nitrogen and oxygen atoms in total. The van der Waals surface area contributed by atoms with E-state index in [0.29, 0.717) is 6.42 Å². The summed E-state index contributed by atoms with van der Waals surface area (Å²) in [6.45, 7) is 2.01. The van der Waals surface area contributed by atoms with E-state index in [9.17, 15) is 8.42 Å². The number of hydrogen-bond donors (Lipinski definition) is 0. The molecule has 28 heavy (non-hydrogen) atoms. The van der Waals surface area contributed by atoms with E-state index in [-0.39, 0.29) is 10.9 Å². The predicted molar refractivity (Wildman–Crippen MR) is 115 cm³/mol. The van der Waals surface area contributed by atoms with Crippen LogP contribution in [-0.2, 0) is 10.0 Å². The molecule has 1 aliphatic heterocycles. The first kappa shape index (κ1) is 18.9. The van der Waals surface area contributed by atoms with Crippen molar-refractivity contribution in [3.8, 4) is 0 Å². The maximum absolute atomic E-state index is 13.3. The Morgan fingerprint density at radius 1 is 0.929 bits per heavy atom. The van der Waals surface area contributed by atoms with Gasteiger partial charge in [0.05, 0.1) is 16.6 Å². The van der Waals surface area contributed by atoms with Crippen molar-refractivity contribution in [1.29, 1.82) is 0 Å². The lowest BCUT2D eigenvalue weighted by atomic mass is 9.98. The van der Waals surface area contributed by atoms with Crippen molar-refractivity contribution in [2.24, 2.45) is 5.10 Å². The third kappa shape index (κ3) is 3.62. The fourth-order valence-corrected chi connectivity index (χ4v) is 4.98. The third-order valence-electron chi connectivity index (χ3n) is 4.80. The Morgan fingerprint density at radius 2 is 1.57 bits per heavy atom. The third-order valence-corrected chi connectivity index (χ3v) is 7.02. The molecular weight excluding hydrogens is 436 g/mol. The molecule has 0 radical (unpaired) electrons. The molecule has 1 aliphatic rings. The van der Waals surface area contributed by atoms with Gasteiger partial charge >= 0.3 is 0 Å². The van der Waals surface area contributed by atoms with E-state index in [1.165, 1.54) is 4.41 Å². The van der Waals surface area contributed by atoms with E-state index in [4.69, 9.17) is 0 Å². The van der Waals surface area contributed by atoms with Crippen LogP contribution in [0.1, 0.15) is 29.2 Å². The molecule has 0 amide bonds. The van der Waals surface area contributed by atoms with Gasteiger partial charge in [-0.2, -0.15) is 17.9 Å². The molecular formula is C22H19BrN2O2S. The van der Waals surface area contributed by atoms with Crippen molar-refractivity contribution in [1.82, 2.24) is 4.41 Å². The second kappa shape index (κ2) is 7.53. The molecule has 3 aromatic rings. The second-order valence-electron chi connectivity index (χ2n) is 6.77. The van der Waals surface area contributed by atoms with Crippen LogP contribution in [0.25, 0.3) is 0 Å². The first-order valence-corrected chi connectivity index (χ1v) is 11.2. The second-order valence-corrected chi connectivity index (χ2v) is 9.49. The minimum absolute atomic E-state index is 0.243. The van der Waals surface area contributed by atoms with Gasteiger partial charge in [0.1, 0.15) is 0 Å². The number of hydrogen-bond acceptors (Lipinski definition) is 3. The lowest BCUT2D eigenvalue weighted by Gasteiger charge is -2.23. The van der Waals surface area contributed by atoms with E-state index >= 15 is 0 Å². The van der Waals surface area contributed by atoms with Crippen LogP contribution in [0.4, 0.5) is 0 Å². The molecule has 1 heterocycles. The van der Waals surface area contributed by atoms with Crippen LogP contribution in [0, 0.1) is 6.92 Å². The summed E-state index contributed by atoms with van der Waals surface area (Å²) in [6.07, 6.45) is 0.525. The topological polar surface area (TPSA) is 49.7 Å². The summed E-state index contributed by atoms with van der Waals surface area (Å²) in [6, 6.07) is 23.8. The monoisotopic (exact) mass is 454 g/mol. The van der Waals surface area contributed by atoms with Crippen molar-refractivity contribution >= 4 is 31.7 Å². The van der Waals surface area contributed by atoms with Gasteiger partial charge in [-0.15, -0.1) is 0 Å². The molecule has 1 atom stereocenters. The summed E-state index contributed by atoms with van der Waals surface area (Å²) in [5.41, 5.74) is 3.75. The van der Waals surface area contributed by atoms with Gasteiger partial charge < -0.3 is 0 Å². The average Bonchev–Trinajstić information content (AvgIpc) is 3.16. The molecule has 0 saturated heterocycles. The molecule has 6 heteroatoms. The van der Waals surface area contributed by atoms with Crippen molar-refractivity contribution < 1.29 is 8.42 Å². The van der Waals surface area contributed by atoms with Gasteiger partial charge in [0.25, 0.3) is 10.0 Å². The molecule has 0 bridgehead atoms. The highest BCUT2D eigenvalue weighted by atomic mass is 79.9. The molecule has 0 saturated carbocycles. The number of benzene rings is 3. The maximum Gasteiger partial charge on any atom is 0.279 e. The Kier molecular flexibility index (Phi) is 5.08. The van der Waals surface area contributed by atoms with Gasteiger partial charge in [-0.05, 0) is 42.3 Å². The van der Waals surface area contributed by atoms with Crippen LogP contribution in [0.5, 0.6) is 0 Å². The normalized spacial score (nSPS) is 16.9. The molecule has 0 N–H and O–H groups in total. The summed E-state index contributed by atoms with van der Waals surface area (Å²) < 4.78 is 28.9. The molecule has 0 aromatic heterocycles. The highest BCUT2D eigenvalue weighted by Crippen LogP contribution is 2.37. The number of hydrazone groups is 1. The van der Waals surface area contributed by atoms with Crippen molar-refractivity contribution in [3.63, 3.8) is 0 Å². The highest BCUT2D eigenvalue weighted by Gasteiger charge is 2.37. The highest BCUT2D eigenvalue weighted by molar-refractivity contribution is 9.10. The van der Waals surface area contributed by atoms with Crippen molar-refractivity contribution in [2.45, 2.75) is 24.3 Å². The predicted octanol–water partition coefficient (Wildman–Crippen LogP) is 5.30. The fraction of sp³-hybridized carbons (Fsp3) is 0.136. The quantitative estimate of drug-likeness (QED) is 0.536. The minimum atomic E-state index is -3.76. The molecule has 142 valence electrons. The van der Waals surface area contributed by atoms with E-state index in [2.05, 4.69) is 21.0 Å². The van der Waals surface area contributed by atoms with Crippen molar-refractivity contribution in [2.75, 3.05) is 0 Å². The fourth-order valence-electron chi connectivity index (χ4n) is 3.26. The van der Waals surface area contributed by atoms with E-state index in [1.807, 2.05) is 55.5 Å². The zero-order valence-corrected chi connectivity index (χ0v) is 17.7. The van der Waals surface area contributed by atoms with Crippen LogP contribution in [0.2, 0.25) is 0 Å². The number of rotatable bonds is 4. The number of sulfonamides is 1. The van der Waals surface area contributed by atoms with Crippen LogP contribution in [0.3, 0.4) is 0 Å². The van der Waals surface area contributed by atoms with Gasteiger partial charge in [0, 0.05) is 10.9 Å². The van der Waals surface area contributed by atoms with Crippen LogP contribution in [0.15, 0.2) is 93.3 Å². The van der Waals surface area contributed by atoms with Gasteiger partial charge in [0.15, 0.2) is 0 Å². The van der Waals surface area contributed by atoms with Crippen LogP contribution >= 0.6 is 15.9 Å². The number of aryl methyl sites for hydroxylation is 1. The van der Waals surface area contributed by atoms with Gasteiger partial charge in [-0.1, -0.05) is 76.1 Å². The SMILES string of the molecule is Cc1ccc([C@@H]2CC(c3ccc(Br)cc3)=NN2S(=O)(=O)c2ccccc2)cc1.